The third-order valence-corrected chi connectivity index (χ3v) is 2.53. The molecule has 1 amide bonds. The lowest BCUT2D eigenvalue weighted by Gasteiger charge is -2.19. The van der Waals surface area contributed by atoms with E-state index in [0.717, 1.165) is 0 Å². The lowest BCUT2D eigenvalue weighted by Crippen LogP contribution is -2.34. The van der Waals surface area contributed by atoms with Crippen LogP contribution in [0.15, 0.2) is 0 Å². The summed E-state index contributed by atoms with van der Waals surface area (Å²) in [6.45, 7) is 2.49. The van der Waals surface area contributed by atoms with Crippen molar-refractivity contribution in [3.8, 4) is 0 Å². The number of hydrogen-bond donors (Lipinski definition) is 1. The smallest absolute Gasteiger partial charge is 0.225 e. The standard InChI is InChI=1S/C9H17NO2/c1-7(8-3-4-8)9(12)10(2)5-6-11/h7-8,11H,3-6H2,1-2H3. The lowest BCUT2D eigenvalue weighted by molar-refractivity contribution is -0.134. The van der Waals surface area contributed by atoms with Crippen molar-refractivity contribution in [2.75, 3.05) is 20.2 Å². The highest BCUT2D eigenvalue weighted by Gasteiger charge is 2.33. The molecular weight excluding hydrogens is 154 g/mol. The Morgan fingerprint density at radius 3 is 2.67 bits per heavy atom. The van der Waals surface area contributed by atoms with E-state index in [0.29, 0.717) is 12.5 Å². The van der Waals surface area contributed by atoms with Crippen LogP contribution in [0.4, 0.5) is 0 Å². The monoisotopic (exact) mass is 171 g/mol. The quantitative estimate of drug-likeness (QED) is 0.668. The van der Waals surface area contributed by atoms with Gasteiger partial charge in [0.15, 0.2) is 0 Å². The maximum atomic E-state index is 11.5. The molecule has 0 aromatic heterocycles. The molecule has 1 aliphatic carbocycles. The second-order valence-corrected chi connectivity index (χ2v) is 3.61. The summed E-state index contributed by atoms with van der Waals surface area (Å²) in [5.74, 6) is 0.937. The number of hydrogen-bond acceptors (Lipinski definition) is 2. The molecule has 70 valence electrons. The normalized spacial score (nSPS) is 18.9. The average molecular weight is 171 g/mol. The predicted octanol–water partition coefficient (Wildman–Crippen LogP) is 0.483. The van der Waals surface area contributed by atoms with Crippen molar-refractivity contribution < 1.29 is 9.90 Å². The van der Waals surface area contributed by atoms with Crippen LogP contribution >= 0.6 is 0 Å². The molecule has 1 N–H and O–H groups in total. The van der Waals surface area contributed by atoms with Gasteiger partial charge < -0.3 is 10.0 Å². The van der Waals surface area contributed by atoms with Crippen molar-refractivity contribution in [2.24, 2.45) is 11.8 Å². The molecule has 1 saturated carbocycles. The number of aliphatic hydroxyl groups excluding tert-OH is 1. The Hall–Kier alpha value is -0.570. The maximum absolute atomic E-state index is 11.5. The van der Waals surface area contributed by atoms with E-state index in [2.05, 4.69) is 0 Å². The summed E-state index contributed by atoms with van der Waals surface area (Å²) in [6.07, 6.45) is 2.39. The van der Waals surface area contributed by atoms with Gasteiger partial charge >= 0.3 is 0 Å². The number of amides is 1. The molecule has 0 spiro atoms. The highest BCUT2D eigenvalue weighted by molar-refractivity contribution is 5.78. The highest BCUT2D eigenvalue weighted by atomic mass is 16.3. The molecule has 0 aromatic rings. The molecular formula is C9H17NO2. The maximum Gasteiger partial charge on any atom is 0.225 e. The van der Waals surface area contributed by atoms with Crippen LogP contribution in [0.3, 0.4) is 0 Å². The first kappa shape index (κ1) is 9.52. The van der Waals surface area contributed by atoms with Gasteiger partial charge in [-0.2, -0.15) is 0 Å². The molecule has 1 rings (SSSR count). The van der Waals surface area contributed by atoms with Gasteiger partial charge in [-0.3, -0.25) is 4.79 Å². The van der Waals surface area contributed by atoms with Crippen LogP contribution in [-0.2, 0) is 4.79 Å². The number of likely N-dealkylation sites (N-methyl/N-ethyl adjacent to an activating group) is 1. The van der Waals surface area contributed by atoms with Crippen molar-refractivity contribution in [3.63, 3.8) is 0 Å². The summed E-state index contributed by atoms with van der Waals surface area (Å²) in [5.41, 5.74) is 0. The minimum atomic E-state index is 0.0552. The van der Waals surface area contributed by atoms with E-state index in [1.54, 1.807) is 11.9 Å². The molecule has 0 radical (unpaired) electrons. The van der Waals surface area contributed by atoms with Crippen molar-refractivity contribution in [3.05, 3.63) is 0 Å². The summed E-state index contributed by atoms with van der Waals surface area (Å²) in [4.78, 5) is 13.1. The Morgan fingerprint density at radius 1 is 1.67 bits per heavy atom. The molecule has 0 saturated heterocycles. The number of carbonyl (C=O) groups excluding carboxylic acids is 1. The molecule has 12 heavy (non-hydrogen) atoms. The largest absolute Gasteiger partial charge is 0.395 e. The Labute approximate surface area is 73.4 Å². The molecule has 3 nitrogen and oxygen atoms in total. The summed E-state index contributed by atoms with van der Waals surface area (Å²) >= 11 is 0. The molecule has 0 aromatic carbocycles. The van der Waals surface area contributed by atoms with Crippen LogP contribution in [0.5, 0.6) is 0 Å². The molecule has 0 aliphatic heterocycles. The average Bonchev–Trinajstić information content (AvgIpc) is 2.84. The second kappa shape index (κ2) is 3.90. The van der Waals surface area contributed by atoms with Crippen LogP contribution in [0.2, 0.25) is 0 Å². The van der Waals surface area contributed by atoms with E-state index in [1.807, 2.05) is 6.92 Å². The Kier molecular flexibility index (Phi) is 3.09. The predicted molar refractivity (Wildman–Crippen MR) is 46.6 cm³/mol. The summed E-state index contributed by atoms with van der Waals surface area (Å²) < 4.78 is 0. The molecule has 1 unspecified atom stereocenters. The van der Waals surface area contributed by atoms with Gasteiger partial charge in [0.1, 0.15) is 0 Å². The molecule has 1 atom stereocenters. The first-order valence-electron chi connectivity index (χ1n) is 4.52. The SMILES string of the molecule is CC(C(=O)N(C)CCO)C1CC1. The lowest BCUT2D eigenvalue weighted by atomic mass is 10.1. The van der Waals surface area contributed by atoms with E-state index in [1.165, 1.54) is 12.8 Å². The summed E-state index contributed by atoms with van der Waals surface area (Å²) in [6, 6.07) is 0. The van der Waals surface area contributed by atoms with Crippen LogP contribution in [0.25, 0.3) is 0 Å². The first-order valence-corrected chi connectivity index (χ1v) is 4.52. The zero-order chi connectivity index (χ0) is 9.14. The third-order valence-electron chi connectivity index (χ3n) is 2.53. The van der Waals surface area contributed by atoms with Gasteiger partial charge in [0.25, 0.3) is 0 Å². The van der Waals surface area contributed by atoms with Gasteiger partial charge in [-0.1, -0.05) is 6.92 Å². The molecule has 0 heterocycles. The van der Waals surface area contributed by atoms with Crippen molar-refractivity contribution in [1.82, 2.24) is 4.90 Å². The molecule has 3 heteroatoms. The number of rotatable bonds is 4. The van der Waals surface area contributed by atoms with Crippen LogP contribution < -0.4 is 0 Å². The highest BCUT2D eigenvalue weighted by Crippen LogP contribution is 2.37. The fourth-order valence-corrected chi connectivity index (χ4v) is 1.41. The van der Waals surface area contributed by atoms with Crippen LogP contribution in [0, 0.1) is 11.8 Å². The third kappa shape index (κ3) is 2.21. The molecule has 0 bridgehead atoms. The fourth-order valence-electron chi connectivity index (χ4n) is 1.41. The zero-order valence-electron chi connectivity index (χ0n) is 7.79. The molecule has 1 fully saturated rings. The topological polar surface area (TPSA) is 40.5 Å². The zero-order valence-corrected chi connectivity index (χ0v) is 7.79. The minimum absolute atomic E-state index is 0.0552. The van der Waals surface area contributed by atoms with E-state index in [9.17, 15) is 4.79 Å². The molecule has 1 aliphatic rings. The van der Waals surface area contributed by atoms with Crippen molar-refractivity contribution in [1.29, 1.82) is 0 Å². The van der Waals surface area contributed by atoms with Crippen LogP contribution in [-0.4, -0.2) is 36.1 Å². The fraction of sp³-hybridized carbons (Fsp3) is 0.889. The summed E-state index contributed by atoms with van der Waals surface area (Å²) in [5, 5.41) is 8.63. The Morgan fingerprint density at radius 2 is 2.25 bits per heavy atom. The second-order valence-electron chi connectivity index (χ2n) is 3.61. The van der Waals surface area contributed by atoms with Gasteiger partial charge in [0.05, 0.1) is 6.61 Å². The van der Waals surface area contributed by atoms with Gasteiger partial charge in [0, 0.05) is 19.5 Å². The minimum Gasteiger partial charge on any atom is -0.395 e. The van der Waals surface area contributed by atoms with Crippen molar-refractivity contribution >= 4 is 5.91 Å². The van der Waals surface area contributed by atoms with Gasteiger partial charge in [-0.25, -0.2) is 0 Å². The number of nitrogens with zero attached hydrogens (tertiary/aromatic N) is 1. The van der Waals surface area contributed by atoms with E-state index in [4.69, 9.17) is 5.11 Å². The van der Waals surface area contributed by atoms with E-state index in [-0.39, 0.29) is 18.4 Å². The van der Waals surface area contributed by atoms with E-state index >= 15 is 0 Å². The Balaban J connectivity index is 2.33. The Bertz CT molecular complexity index is 166. The van der Waals surface area contributed by atoms with Gasteiger partial charge in [-0.15, -0.1) is 0 Å². The number of carbonyl (C=O) groups is 1. The van der Waals surface area contributed by atoms with E-state index < -0.39 is 0 Å². The van der Waals surface area contributed by atoms with Gasteiger partial charge in [-0.05, 0) is 18.8 Å². The first-order chi connectivity index (χ1) is 5.66. The van der Waals surface area contributed by atoms with Crippen molar-refractivity contribution in [2.45, 2.75) is 19.8 Å². The van der Waals surface area contributed by atoms with Gasteiger partial charge in [0.2, 0.25) is 5.91 Å². The van der Waals surface area contributed by atoms with Crippen LogP contribution in [0.1, 0.15) is 19.8 Å². The summed E-state index contributed by atoms with van der Waals surface area (Å²) in [7, 11) is 1.75. The number of aliphatic hydroxyl groups is 1.